The Morgan fingerprint density at radius 3 is 2.53 bits per heavy atom. The first-order valence-corrected chi connectivity index (χ1v) is 9.67. The van der Waals surface area contributed by atoms with Crippen LogP contribution in [0.3, 0.4) is 0 Å². The third-order valence-electron chi connectivity index (χ3n) is 5.29. The molecule has 0 radical (unpaired) electrons. The molecule has 30 heavy (non-hydrogen) atoms. The van der Waals surface area contributed by atoms with Crippen molar-refractivity contribution >= 4 is 17.9 Å². The lowest BCUT2D eigenvalue weighted by Gasteiger charge is -2.29. The molecule has 0 spiro atoms. The summed E-state index contributed by atoms with van der Waals surface area (Å²) in [6, 6.07) is 0. The summed E-state index contributed by atoms with van der Waals surface area (Å²) in [7, 11) is 0. The summed E-state index contributed by atoms with van der Waals surface area (Å²) in [5.41, 5.74) is 1.21. The molecule has 0 aromatic carbocycles. The summed E-state index contributed by atoms with van der Waals surface area (Å²) in [5, 5.41) is 20.5. The van der Waals surface area contributed by atoms with Gasteiger partial charge in [0.2, 0.25) is 0 Å². The Bertz CT molecular complexity index is 819. The largest absolute Gasteiger partial charge is 0.458 e. The molecule has 0 saturated carbocycles. The van der Waals surface area contributed by atoms with Crippen LogP contribution in [0.15, 0.2) is 47.1 Å². The molecule has 2 N–H and O–H groups in total. The number of hydrogen-bond donors (Lipinski definition) is 2. The minimum absolute atomic E-state index is 0.0187. The summed E-state index contributed by atoms with van der Waals surface area (Å²) in [6.45, 7) is 9.46. The number of carbonyl (C=O) groups is 3. The van der Waals surface area contributed by atoms with E-state index in [0.29, 0.717) is 11.1 Å². The van der Waals surface area contributed by atoms with Gasteiger partial charge in [0.1, 0.15) is 18.3 Å². The van der Waals surface area contributed by atoms with Crippen LogP contribution >= 0.6 is 0 Å². The Kier molecular flexibility index (Phi) is 7.75. The van der Waals surface area contributed by atoms with Gasteiger partial charge in [-0.1, -0.05) is 12.7 Å². The maximum absolute atomic E-state index is 12.4. The Morgan fingerprint density at radius 1 is 1.30 bits per heavy atom. The molecule has 0 bridgehead atoms. The number of fused-ring (bicyclic) bond motifs is 1. The normalized spacial score (nSPS) is 31.7. The highest BCUT2D eigenvalue weighted by atomic mass is 16.6. The van der Waals surface area contributed by atoms with E-state index in [1.807, 2.05) is 0 Å². The van der Waals surface area contributed by atoms with Crippen LogP contribution in [-0.2, 0) is 28.6 Å². The average molecular weight is 420 g/mol. The highest BCUT2D eigenvalue weighted by molar-refractivity contribution is 5.92. The smallest absolute Gasteiger partial charge is 0.334 e. The highest BCUT2D eigenvalue weighted by Gasteiger charge is 2.45. The molecule has 5 atom stereocenters. The molecule has 164 valence electrons. The number of aliphatic hydroxyl groups excluding tert-OH is 2. The van der Waals surface area contributed by atoms with Crippen molar-refractivity contribution in [3.8, 4) is 0 Å². The molecule has 1 aliphatic carbocycles. The molecule has 1 aliphatic heterocycles. The zero-order valence-electron chi connectivity index (χ0n) is 17.6. The molecule has 8 heteroatoms. The summed E-state index contributed by atoms with van der Waals surface area (Å²) in [6.07, 6.45) is 0.817. The second-order valence-corrected chi connectivity index (χ2v) is 7.42. The number of aliphatic hydroxyl groups is 2. The minimum atomic E-state index is -1.05. The Morgan fingerprint density at radius 2 is 1.97 bits per heavy atom. The molecular weight excluding hydrogens is 392 g/mol. The van der Waals surface area contributed by atoms with Crippen molar-refractivity contribution in [3.63, 3.8) is 0 Å². The maximum Gasteiger partial charge on any atom is 0.334 e. The van der Waals surface area contributed by atoms with Gasteiger partial charge in [-0.05, 0) is 44.1 Å². The highest BCUT2D eigenvalue weighted by Crippen LogP contribution is 2.36. The molecule has 1 fully saturated rings. The summed E-state index contributed by atoms with van der Waals surface area (Å²) >= 11 is 0. The van der Waals surface area contributed by atoms with E-state index >= 15 is 0 Å². The van der Waals surface area contributed by atoms with Crippen LogP contribution in [0, 0.1) is 5.92 Å². The van der Waals surface area contributed by atoms with E-state index in [4.69, 9.17) is 14.2 Å². The second-order valence-electron chi connectivity index (χ2n) is 7.42. The van der Waals surface area contributed by atoms with Crippen LogP contribution in [0.5, 0.6) is 0 Å². The number of rotatable bonds is 4. The third kappa shape index (κ3) is 5.25. The van der Waals surface area contributed by atoms with Gasteiger partial charge < -0.3 is 24.4 Å². The first-order valence-electron chi connectivity index (χ1n) is 9.67. The molecule has 0 amide bonds. The first kappa shape index (κ1) is 23.6. The molecule has 0 aromatic rings. The summed E-state index contributed by atoms with van der Waals surface area (Å²) < 4.78 is 16.3. The van der Waals surface area contributed by atoms with E-state index in [0.717, 1.165) is 0 Å². The predicted molar refractivity (Wildman–Crippen MR) is 107 cm³/mol. The van der Waals surface area contributed by atoms with E-state index in [9.17, 15) is 24.6 Å². The van der Waals surface area contributed by atoms with Crippen LogP contribution in [0.25, 0.3) is 0 Å². The predicted octanol–water partition coefficient (Wildman–Crippen LogP) is 1.52. The Labute approximate surface area is 175 Å². The lowest BCUT2D eigenvalue weighted by molar-refractivity contribution is -0.147. The van der Waals surface area contributed by atoms with Crippen LogP contribution in [0.4, 0.5) is 0 Å². The van der Waals surface area contributed by atoms with Gasteiger partial charge in [0.05, 0.1) is 18.6 Å². The van der Waals surface area contributed by atoms with Crippen LogP contribution < -0.4 is 0 Å². The van der Waals surface area contributed by atoms with Gasteiger partial charge in [-0.3, -0.25) is 4.79 Å². The molecule has 2 rings (SSSR count). The lowest BCUT2D eigenvalue weighted by atomic mass is 9.85. The van der Waals surface area contributed by atoms with Crippen molar-refractivity contribution in [2.75, 3.05) is 6.61 Å². The van der Waals surface area contributed by atoms with Gasteiger partial charge in [0, 0.05) is 24.5 Å². The molecule has 0 aromatic heterocycles. The monoisotopic (exact) mass is 420 g/mol. The maximum atomic E-state index is 12.4. The van der Waals surface area contributed by atoms with Crippen LogP contribution in [0.1, 0.15) is 34.1 Å². The number of ether oxygens (including phenoxy) is 3. The lowest BCUT2D eigenvalue weighted by Crippen LogP contribution is -2.35. The molecule has 2 aliphatic rings. The van der Waals surface area contributed by atoms with E-state index in [2.05, 4.69) is 6.58 Å². The van der Waals surface area contributed by atoms with Crippen molar-refractivity contribution < 1.29 is 38.8 Å². The molecule has 8 nitrogen and oxygen atoms in total. The third-order valence-corrected chi connectivity index (χ3v) is 5.29. The Hall–Kier alpha value is -2.71. The molecule has 0 unspecified atom stereocenters. The van der Waals surface area contributed by atoms with Gasteiger partial charge in [-0.25, -0.2) is 9.59 Å². The van der Waals surface area contributed by atoms with Gasteiger partial charge in [0.25, 0.3) is 0 Å². The Balaban J connectivity index is 2.56. The van der Waals surface area contributed by atoms with E-state index < -0.39 is 54.8 Å². The zero-order valence-corrected chi connectivity index (χ0v) is 17.6. The fourth-order valence-electron chi connectivity index (χ4n) is 3.38. The molecule has 1 saturated heterocycles. The number of esters is 3. The zero-order chi connectivity index (χ0) is 22.6. The first-order chi connectivity index (χ1) is 14.1. The minimum Gasteiger partial charge on any atom is -0.458 e. The average Bonchev–Trinajstić information content (AvgIpc) is 2.96. The van der Waals surface area contributed by atoms with Crippen LogP contribution in [0.2, 0.25) is 0 Å². The number of carbonyl (C=O) groups excluding carboxylic acids is 3. The van der Waals surface area contributed by atoms with Gasteiger partial charge in [-0.2, -0.15) is 0 Å². The quantitative estimate of drug-likeness (QED) is 0.304. The van der Waals surface area contributed by atoms with Crippen molar-refractivity contribution in [2.45, 2.75) is 58.5 Å². The molecule has 1 heterocycles. The number of hydrogen-bond acceptors (Lipinski definition) is 8. The van der Waals surface area contributed by atoms with Crippen molar-refractivity contribution in [1.82, 2.24) is 0 Å². The summed E-state index contributed by atoms with van der Waals surface area (Å²) in [5.74, 6) is -2.58. The van der Waals surface area contributed by atoms with Crippen molar-refractivity contribution in [3.05, 3.63) is 47.1 Å². The number of allylic oxidation sites excluding steroid dienone is 1. The van der Waals surface area contributed by atoms with Crippen molar-refractivity contribution in [1.29, 1.82) is 0 Å². The van der Waals surface area contributed by atoms with Gasteiger partial charge in [-0.15, -0.1) is 0 Å². The summed E-state index contributed by atoms with van der Waals surface area (Å²) in [4.78, 5) is 36.2. The standard InChI is InChI=1S/C22H28O8/c1-6-11(2)21(26)29-18-7-12(3)16(25)9-17(28-14(5)24)15(10-23)8-19-20(18)13(4)22(27)30-19/h6-8,16-20,23,25H,4,9-10H2,1-3,5H3/b11-6+,12-7-,15-8?/t16-,17-,18+,19+,20+/m0/s1. The fraction of sp³-hybridized carbons (Fsp3) is 0.500. The van der Waals surface area contributed by atoms with E-state index in [-0.39, 0.29) is 17.6 Å². The van der Waals surface area contributed by atoms with Crippen LogP contribution in [-0.4, -0.2) is 59.1 Å². The second kappa shape index (κ2) is 9.86. The van der Waals surface area contributed by atoms with Gasteiger partial charge in [0.15, 0.2) is 0 Å². The van der Waals surface area contributed by atoms with Crippen molar-refractivity contribution in [2.24, 2.45) is 5.92 Å². The SMILES string of the molecule is C=C1C(=O)O[C@@H]2C=C(CO)[C@@H](OC(C)=O)C[C@H](O)/C(C)=C\[C@@H](OC(=O)/C(C)=C/C)[C@@H]12. The van der Waals surface area contributed by atoms with E-state index in [1.54, 1.807) is 32.9 Å². The van der Waals surface area contributed by atoms with E-state index in [1.165, 1.54) is 13.0 Å². The fourth-order valence-corrected chi connectivity index (χ4v) is 3.38. The topological polar surface area (TPSA) is 119 Å². The van der Waals surface area contributed by atoms with Gasteiger partial charge >= 0.3 is 17.9 Å². The molecular formula is C22H28O8.